The van der Waals surface area contributed by atoms with E-state index in [9.17, 15) is 8.42 Å². The van der Waals surface area contributed by atoms with Crippen LogP contribution in [0.25, 0.3) is 0 Å². The van der Waals surface area contributed by atoms with Gasteiger partial charge >= 0.3 is 0 Å². The van der Waals surface area contributed by atoms with E-state index in [0.29, 0.717) is 16.5 Å². The number of nitrogens with two attached hydrogens (primary N) is 1. The van der Waals surface area contributed by atoms with E-state index in [-0.39, 0.29) is 11.8 Å². The van der Waals surface area contributed by atoms with Crippen LogP contribution >= 0.6 is 11.6 Å². The van der Waals surface area contributed by atoms with E-state index < -0.39 is 15.1 Å². The van der Waals surface area contributed by atoms with Crippen LogP contribution in [-0.4, -0.2) is 20.2 Å². The third-order valence-corrected chi connectivity index (χ3v) is 6.59. The molecule has 0 saturated heterocycles. The second-order valence-corrected chi connectivity index (χ2v) is 7.84. The predicted octanol–water partition coefficient (Wildman–Crippen LogP) is 2.85. The second-order valence-electron chi connectivity index (χ2n) is 5.30. The molecule has 0 bridgehead atoms. The second kappa shape index (κ2) is 5.44. The Morgan fingerprint density at radius 1 is 1.00 bits per heavy atom. The Hall–Kier alpha value is -1.36. The fourth-order valence-corrected chi connectivity index (χ4v) is 5.29. The highest BCUT2D eigenvalue weighted by Crippen LogP contribution is 2.53. The molecule has 1 fully saturated rings. The van der Waals surface area contributed by atoms with Gasteiger partial charge in [0.05, 0.1) is 10.1 Å². The summed E-state index contributed by atoms with van der Waals surface area (Å²) in [5, 5.41) is 0.0887. The maximum absolute atomic E-state index is 12.8. The maximum Gasteiger partial charge on any atom is 0.182 e. The summed E-state index contributed by atoms with van der Waals surface area (Å²) in [4.78, 5) is 0.314. The summed E-state index contributed by atoms with van der Waals surface area (Å²) in [5.74, 6) is -0.0371. The zero-order valence-electron chi connectivity index (χ0n) is 11.3. The normalized spacial score (nSPS) is 24.8. The lowest BCUT2D eigenvalue weighted by molar-refractivity contribution is 0.591. The number of hydrogen-bond acceptors (Lipinski definition) is 3. The molecule has 2 N–H and O–H groups in total. The molecule has 0 aromatic heterocycles. The van der Waals surface area contributed by atoms with Crippen LogP contribution in [0, 0.1) is 5.92 Å². The molecule has 2 aromatic rings. The minimum absolute atomic E-state index is 0.0168. The van der Waals surface area contributed by atoms with Gasteiger partial charge in [-0.25, -0.2) is 8.42 Å². The molecular weight excluding hydrogens is 306 g/mol. The summed E-state index contributed by atoms with van der Waals surface area (Å²) < 4.78 is 25.5. The van der Waals surface area contributed by atoms with Crippen molar-refractivity contribution < 1.29 is 8.42 Å². The van der Waals surface area contributed by atoms with Crippen LogP contribution in [0.1, 0.15) is 11.5 Å². The summed E-state index contributed by atoms with van der Waals surface area (Å²) in [6, 6.07) is 16.0. The molecule has 110 valence electrons. The average Bonchev–Trinajstić information content (AvgIpc) is 3.24. The van der Waals surface area contributed by atoms with E-state index in [1.807, 2.05) is 30.3 Å². The van der Waals surface area contributed by atoms with Gasteiger partial charge in [-0.05, 0) is 42.3 Å². The predicted molar refractivity (Wildman–Crippen MR) is 84.2 cm³/mol. The van der Waals surface area contributed by atoms with Gasteiger partial charge in [0.1, 0.15) is 0 Å². The summed E-state index contributed by atoms with van der Waals surface area (Å²) in [6.07, 6.45) is 0. The van der Waals surface area contributed by atoms with Crippen LogP contribution in [0.4, 0.5) is 0 Å². The van der Waals surface area contributed by atoms with Gasteiger partial charge in [-0.3, -0.25) is 0 Å². The summed E-state index contributed by atoms with van der Waals surface area (Å²) >= 11 is 5.82. The topological polar surface area (TPSA) is 60.2 Å². The van der Waals surface area contributed by atoms with Crippen molar-refractivity contribution in [1.82, 2.24) is 0 Å². The Bertz CT molecular complexity index is 729. The first-order valence-electron chi connectivity index (χ1n) is 6.80. The molecule has 1 saturated carbocycles. The van der Waals surface area contributed by atoms with Crippen LogP contribution in [0.5, 0.6) is 0 Å². The molecule has 3 nitrogen and oxygen atoms in total. The molecule has 0 aliphatic heterocycles. The van der Waals surface area contributed by atoms with Crippen molar-refractivity contribution in [2.75, 3.05) is 6.54 Å². The fourth-order valence-electron chi connectivity index (χ4n) is 2.94. The Morgan fingerprint density at radius 3 is 2.19 bits per heavy atom. The van der Waals surface area contributed by atoms with Crippen molar-refractivity contribution in [2.45, 2.75) is 16.1 Å². The number of halogens is 1. The van der Waals surface area contributed by atoms with E-state index >= 15 is 0 Å². The lowest BCUT2D eigenvalue weighted by Gasteiger charge is -2.04. The first-order chi connectivity index (χ1) is 10.1. The molecule has 3 rings (SSSR count). The fraction of sp³-hybridized carbons (Fsp3) is 0.250. The Labute approximate surface area is 129 Å². The van der Waals surface area contributed by atoms with Gasteiger partial charge in [-0.1, -0.05) is 41.9 Å². The van der Waals surface area contributed by atoms with Gasteiger partial charge in [-0.15, -0.1) is 0 Å². The van der Waals surface area contributed by atoms with Gasteiger partial charge < -0.3 is 5.73 Å². The van der Waals surface area contributed by atoms with Gasteiger partial charge in [-0.2, -0.15) is 0 Å². The Kier molecular flexibility index (Phi) is 3.78. The van der Waals surface area contributed by atoms with Gasteiger partial charge in [0.2, 0.25) is 0 Å². The monoisotopic (exact) mass is 321 g/mol. The molecule has 1 aliphatic carbocycles. The van der Waals surface area contributed by atoms with Crippen molar-refractivity contribution in [3.8, 4) is 0 Å². The van der Waals surface area contributed by atoms with Gasteiger partial charge in [0.15, 0.2) is 9.84 Å². The minimum atomic E-state index is -3.38. The molecular formula is C16H16ClNO2S. The first kappa shape index (κ1) is 14.6. The van der Waals surface area contributed by atoms with E-state index in [2.05, 4.69) is 0 Å². The molecule has 0 amide bonds. The highest BCUT2D eigenvalue weighted by molar-refractivity contribution is 7.92. The van der Waals surface area contributed by atoms with Crippen molar-refractivity contribution in [3.63, 3.8) is 0 Å². The van der Waals surface area contributed by atoms with E-state index in [4.69, 9.17) is 17.3 Å². The van der Waals surface area contributed by atoms with E-state index in [1.54, 1.807) is 24.3 Å². The van der Waals surface area contributed by atoms with E-state index in [1.165, 1.54) is 0 Å². The van der Waals surface area contributed by atoms with Crippen molar-refractivity contribution >= 4 is 21.4 Å². The van der Waals surface area contributed by atoms with Crippen molar-refractivity contribution in [2.24, 2.45) is 11.7 Å². The summed E-state index contributed by atoms with van der Waals surface area (Å²) in [6.45, 7) is 0.372. The van der Waals surface area contributed by atoms with E-state index in [0.717, 1.165) is 5.56 Å². The zero-order valence-corrected chi connectivity index (χ0v) is 12.9. The molecule has 0 spiro atoms. The van der Waals surface area contributed by atoms with Crippen LogP contribution in [0.15, 0.2) is 59.5 Å². The van der Waals surface area contributed by atoms with Crippen molar-refractivity contribution in [1.29, 1.82) is 0 Å². The minimum Gasteiger partial charge on any atom is -0.330 e. The molecule has 0 heterocycles. The maximum atomic E-state index is 12.8. The number of sulfone groups is 1. The molecule has 2 aromatic carbocycles. The number of rotatable bonds is 4. The first-order valence-corrected chi connectivity index (χ1v) is 8.72. The lowest BCUT2D eigenvalue weighted by atomic mass is 10.1. The molecule has 1 aliphatic rings. The quantitative estimate of drug-likeness (QED) is 0.942. The van der Waals surface area contributed by atoms with Crippen LogP contribution in [-0.2, 0) is 9.84 Å². The molecule has 0 radical (unpaired) electrons. The standard InChI is InChI=1S/C16H16ClNO2S/c17-12-6-8-13(9-7-12)21(19,20)16-14(10-18)15(16)11-4-2-1-3-5-11/h1-9,14-16H,10,18H2/t14-,15-,16+/m0/s1. The van der Waals surface area contributed by atoms with Crippen molar-refractivity contribution in [3.05, 3.63) is 65.2 Å². The summed E-state index contributed by atoms with van der Waals surface area (Å²) in [7, 11) is -3.38. The van der Waals surface area contributed by atoms with Crippen LogP contribution in [0.3, 0.4) is 0 Å². The highest BCUT2D eigenvalue weighted by Gasteiger charge is 2.57. The smallest absolute Gasteiger partial charge is 0.182 e. The van der Waals surface area contributed by atoms with Crippen LogP contribution < -0.4 is 5.73 Å². The average molecular weight is 322 g/mol. The Morgan fingerprint density at radius 2 is 1.62 bits per heavy atom. The van der Waals surface area contributed by atoms with Gasteiger partial charge in [0.25, 0.3) is 0 Å². The molecule has 3 atom stereocenters. The third-order valence-electron chi connectivity index (χ3n) is 4.05. The third kappa shape index (κ3) is 2.59. The number of benzene rings is 2. The van der Waals surface area contributed by atoms with Crippen LogP contribution in [0.2, 0.25) is 5.02 Å². The zero-order chi connectivity index (χ0) is 15.0. The van der Waals surface area contributed by atoms with Gasteiger partial charge in [0, 0.05) is 10.9 Å². The Balaban J connectivity index is 1.94. The largest absolute Gasteiger partial charge is 0.330 e. The molecule has 5 heteroatoms. The molecule has 0 unspecified atom stereocenters. The SMILES string of the molecule is NC[C@H]1[C@H](c2ccccc2)[C@@H]1S(=O)(=O)c1ccc(Cl)cc1. The molecule has 21 heavy (non-hydrogen) atoms. The summed E-state index contributed by atoms with van der Waals surface area (Å²) in [5.41, 5.74) is 6.80. The lowest BCUT2D eigenvalue weighted by Crippen LogP contribution is -2.13. The highest BCUT2D eigenvalue weighted by atomic mass is 35.5. The number of hydrogen-bond donors (Lipinski definition) is 1.